The fraction of sp³-hybridized carbons (Fsp3) is 0.0667. The van der Waals surface area contributed by atoms with Crippen molar-refractivity contribution < 1.29 is 4.79 Å². The van der Waals surface area contributed by atoms with E-state index in [0.29, 0.717) is 26.3 Å². The molecule has 0 fully saturated rings. The summed E-state index contributed by atoms with van der Waals surface area (Å²) in [5, 5.41) is 5.53. The maximum Gasteiger partial charge on any atom is 0.271 e. The summed E-state index contributed by atoms with van der Waals surface area (Å²) < 4.78 is 0. The molecule has 0 heterocycles. The van der Waals surface area contributed by atoms with Gasteiger partial charge in [0.1, 0.15) is 0 Å². The molecule has 0 bridgehead atoms. The minimum Gasteiger partial charge on any atom is -0.267 e. The molecule has 2 aromatic carbocycles. The number of nitrogens with one attached hydrogen (secondary N) is 1. The highest BCUT2D eigenvalue weighted by Crippen LogP contribution is 2.22. The van der Waals surface area contributed by atoms with Crippen molar-refractivity contribution in [2.75, 3.05) is 0 Å². The summed E-state index contributed by atoms with van der Waals surface area (Å²) in [6, 6.07) is 11.7. The van der Waals surface area contributed by atoms with Gasteiger partial charge in [0.25, 0.3) is 5.91 Å². The number of amides is 1. The van der Waals surface area contributed by atoms with E-state index in [-0.39, 0.29) is 5.91 Å². The van der Waals surface area contributed by atoms with E-state index in [4.69, 9.17) is 34.8 Å². The molecule has 0 aromatic heterocycles. The third-order valence-corrected chi connectivity index (χ3v) is 3.76. The van der Waals surface area contributed by atoms with Crippen molar-refractivity contribution in [3.8, 4) is 0 Å². The summed E-state index contributed by atoms with van der Waals surface area (Å²) in [5.41, 5.74) is 4.36. The van der Waals surface area contributed by atoms with Gasteiger partial charge in [0.2, 0.25) is 0 Å². The highest BCUT2D eigenvalue weighted by Gasteiger charge is 2.06. The van der Waals surface area contributed by atoms with Crippen LogP contribution in [0.3, 0.4) is 0 Å². The van der Waals surface area contributed by atoms with Gasteiger partial charge < -0.3 is 0 Å². The zero-order chi connectivity index (χ0) is 15.4. The van der Waals surface area contributed by atoms with Gasteiger partial charge in [0, 0.05) is 10.6 Å². The molecule has 3 nitrogen and oxygen atoms in total. The third-order valence-electron chi connectivity index (χ3n) is 2.77. The number of hydrogen-bond donors (Lipinski definition) is 1. The first-order chi connectivity index (χ1) is 9.97. The number of rotatable bonds is 3. The fourth-order valence-electron chi connectivity index (χ4n) is 1.59. The monoisotopic (exact) mass is 340 g/mol. The molecule has 2 aromatic rings. The van der Waals surface area contributed by atoms with Crippen LogP contribution in [-0.2, 0) is 0 Å². The minimum absolute atomic E-state index is 0.314. The number of hydrogen-bond acceptors (Lipinski definition) is 2. The van der Waals surface area contributed by atoms with Crippen molar-refractivity contribution in [3.05, 3.63) is 68.7 Å². The van der Waals surface area contributed by atoms with Crippen molar-refractivity contribution >= 4 is 46.4 Å². The minimum atomic E-state index is -0.314. The third kappa shape index (κ3) is 4.21. The van der Waals surface area contributed by atoms with Crippen molar-refractivity contribution in [2.45, 2.75) is 6.92 Å². The Morgan fingerprint density at radius 2 is 1.57 bits per heavy atom. The van der Waals surface area contributed by atoms with Crippen LogP contribution in [-0.4, -0.2) is 11.6 Å². The van der Waals surface area contributed by atoms with E-state index in [0.717, 1.165) is 5.56 Å². The van der Waals surface area contributed by atoms with Gasteiger partial charge in [-0.3, -0.25) is 4.79 Å². The van der Waals surface area contributed by atoms with Gasteiger partial charge in [0.05, 0.1) is 15.8 Å². The Bertz CT molecular complexity index is 697. The van der Waals surface area contributed by atoms with Crippen LogP contribution in [0.1, 0.15) is 22.8 Å². The summed E-state index contributed by atoms with van der Waals surface area (Å²) in [4.78, 5) is 11.9. The first-order valence-electron chi connectivity index (χ1n) is 6.03. The Hall–Kier alpha value is -1.55. The van der Waals surface area contributed by atoms with Gasteiger partial charge in [0.15, 0.2) is 0 Å². The van der Waals surface area contributed by atoms with Crippen LogP contribution in [0.5, 0.6) is 0 Å². The number of carbonyl (C=O) groups excluding carboxylic acids is 1. The number of nitrogens with zero attached hydrogens (tertiary/aromatic N) is 1. The molecule has 0 radical (unpaired) electrons. The van der Waals surface area contributed by atoms with Gasteiger partial charge in [-0.05, 0) is 48.9 Å². The normalized spacial score (nSPS) is 11.3. The molecule has 0 unspecified atom stereocenters. The molecule has 108 valence electrons. The van der Waals surface area contributed by atoms with Crippen molar-refractivity contribution in [1.82, 2.24) is 5.43 Å². The van der Waals surface area contributed by atoms with Gasteiger partial charge in [-0.1, -0.05) is 40.9 Å². The van der Waals surface area contributed by atoms with Gasteiger partial charge in [-0.15, -0.1) is 0 Å². The standard InChI is InChI=1S/C15H11Cl3N2O/c1-9(11-4-7-13(17)14(18)8-11)19-20-15(21)10-2-5-12(16)6-3-10/h2-8H,1H3,(H,20,21). The lowest BCUT2D eigenvalue weighted by atomic mass is 10.1. The van der Waals surface area contributed by atoms with E-state index in [1.165, 1.54) is 0 Å². The second-order valence-electron chi connectivity index (χ2n) is 4.27. The van der Waals surface area contributed by atoms with Crippen molar-refractivity contribution in [2.24, 2.45) is 5.10 Å². The second kappa shape index (κ2) is 6.94. The molecule has 2 rings (SSSR count). The Morgan fingerprint density at radius 1 is 0.952 bits per heavy atom. The smallest absolute Gasteiger partial charge is 0.267 e. The van der Waals surface area contributed by atoms with Crippen LogP contribution in [0.25, 0.3) is 0 Å². The highest BCUT2D eigenvalue weighted by molar-refractivity contribution is 6.42. The maximum atomic E-state index is 11.9. The molecule has 1 N–H and O–H groups in total. The molecule has 1 amide bonds. The zero-order valence-corrected chi connectivity index (χ0v) is 13.3. The molecular formula is C15H11Cl3N2O. The molecule has 0 spiro atoms. The average molecular weight is 342 g/mol. The average Bonchev–Trinajstić information content (AvgIpc) is 2.48. The van der Waals surface area contributed by atoms with Gasteiger partial charge >= 0.3 is 0 Å². The fourth-order valence-corrected chi connectivity index (χ4v) is 2.01. The first kappa shape index (κ1) is 15.8. The Morgan fingerprint density at radius 3 is 2.19 bits per heavy atom. The quantitative estimate of drug-likeness (QED) is 0.632. The summed E-state index contributed by atoms with van der Waals surface area (Å²) in [7, 11) is 0. The molecule has 0 aliphatic carbocycles. The summed E-state index contributed by atoms with van der Waals surface area (Å²) in [6.07, 6.45) is 0. The van der Waals surface area contributed by atoms with E-state index in [9.17, 15) is 4.79 Å². The number of carbonyl (C=O) groups is 1. The number of benzene rings is 2. The molecule has 0 saturated heterocycles. The Balaban J connectivity index is 2.10. The Labute approximate surface area is 137 Å². The van der Waals surface area contributed by atoms with Crippen LogP contribution in [0.4, 0.5) is 0 Å². The van der Waals surface area contributed by atoms with Crippen LogP contribution in [0.15, 0.2) is 47.6 Å². The van der Waals surface area contributed by atoms with Crippen LogP contribution in [0, 0.1) is 0 Å². The molecule has 0 saturated carbocycles. The summed E-state index contributed by atoms with van der Waals surface area (Å²) >= 11 is 17.6. The van der Waals surface area contributed by atoms with Crippen molar-refractivity contribution in [3.63, 3.8) is 0 Å². The SMILES string of the molecule is CC(=NNC(=O)c1ccc(Cl)cc1)c1ccc(Cl)c(Cl)c1. The van der Waals surface area contributed by atoms with Gasteiger partial charge in [-0.2, -0.15) is 5.10 Å². The molecule has 0 aliphatic rings. The topological polar surface area (TPSA) is 41.5 Å². The van der Waals surface area contributed by atoms with E-state index < -0.39 is 0 Å². The Kier molecular flexibility index (Phi) is 5.23. The number of hydrazone groups is 1. The van der Waals surface area contributed by atoms with E-state index in [1.807, 2.05) is 0 Å². The molecule has 0 atom stereocenters. The van der Waals surface area contributed by atoms with E-state index in [2.05, 4.69) is 10.5 Å². The maximum absolute atomic E-state index is 11.9. The van der Waals surface area contributed by atoms with E-state index >= 15 is 0 Å². The predicted molar refractivity (Wildman–Crippen MR) is 87.6 cm³/mol. The first-order valence-corrected chi connectivity index (χ1v) is 7.16. The molecule has 0 aliphatic heterocycles. The van der Waals surface area contributed by atoms with Crippen LogP contribution in [0.2, 0.25) is 15.1 Å². The second-order valence-corrected chi connectivity index (χ2v) is 5.52. The van der Waals surface area contributed by atoms with Crippen molar-refractivity contribution in [1.29, 1.82) is 0 Å². The number of halogens is 3. The van der Waals surface area contributed by atoms with E-state index in [1.54, 1.807) is 49.4 Å². The molecule has 6 heteroatoms. The summed E-state index contributed by atoms with van der Waals surface area (Å²) in [6.45, 7) is 1.77. The lowest BCUT2D eigenvalue weighted by Gasteiger charge is -2.04. The van der Waals surface area contributed by atoms with Crippen LogP contribution < -0.4 is 5.43 Å². The van der Waals surface area contributed by atoms with Crippen LogP contribution >= 0.6 is 34.8 Å². The highest BCUT2D eigenvalue weighted by atomic mass is 35.5. The predicted octanol–water partition coefficient (Wildman–Crippen LogP) is 4.80. The zero-order valence-electron chi connectivity index (χ0n) is 11.0. The summed E-state index contributed by atoms with van der Waals surface area (Å²) in [5.74, 6) is -0.314. The van der Waals surface area contributed by atoms with Gasteiger partial charge in [-0.25, -0.2) is 5.43 Å². The largest absolute Gasteiger partial charge is 0.271 e. The molecule has 21 heavy (non-hydrogen) atoms. The lowest BCUT2D eigenvalue weighted by molar-refractivity contribution is 0.0955. The lowest BCUT2D eigenvalue weighted by Crippen LogP contribution is -2.19. The molecular weight excluding hydrogens is 331 g/mol.